The van der Waals surface area contributed by atoms with Crippen LogP contribution >= 0.6 is 0 Å². The van der Waals surface area contributed by atoms with Crippen LogP contribution in [0.25, 0.3) is 11.0 Å². The minimum atomic E-state index is -0.297. The van der Waals surface area contributed by atoms with E-state index in [4.69, 9.17) is 4.74 Å². The number of fused-ring (bicyclic) bond motifs is 1. The van der Waals surface area contributed by atoms with E-state index in [1.54, 1.807) is 19.2 Å². The molecule has 0 unspecified atom stereocenters. The first-order valence-corrected chi connectivity index (χ1v) is 6.87. The number of para-hydroxylation sites is 2. The van der Waals surface area contributed by atoms with E-state index in [-0.39, 0.29) is 6.03 Å². The second kappa shape index (κ2) is 6.17. The first-order chi connectivity index (χ1) is 10.7. The lowest BCUT2D eigenvalue weighted by Gasteiger charge is -2.07. The molecule has 0 bridgehead atoms. The number of benzene rings is 2. The number of ether oxygens (including phenoxy) is 1. The molecule has 2 aromatic carbocycles. The molecule has 0 radical (unpaired) electrons. The van der Waals surface area contributed by atoms with Crippen LogP contribution in [0.4, 0.5) is 10.5 Å². The monoisotopic (exact) mass is 296 g/mol. The number of anilines is 1. The van der Waals surface area contributed by atoms with Gasteiger partial charge in [-0.2, -0.15) is 0 Å². The number of hydrogen-bond acceptors (Lipinski definition) is 3. The number of nitrogens with zero attached hydrogens (tertiary/aromatic N) is 1. The molecule has 0 aliphatic rings. The molecule has 22 heavy (non-hydrogen) atoms. The van der Waals surface area contributed by atoms with E-state index in [1.807, 2.05) is 36.4 Å². The van der Waals surface area contributed by atoms with Gasteiger partial charge in [0.05, 0.1) is 24.7 Å². The average molecular weight is 296 g/mol. The third-order valence-corrected chi connectivity index (χ3v) is 3.18. The lowest BCUT2D eigenvalue weighted by atomic mass is 10.3. The Morgan fingerprint density at radius 2 is 2.09 bits per heavy atom. The molecule has 0 aliphatic carbocycles. The highest BCUT2D eigenvalue weighted by molar-refractivity contribution is 5.89. The van der Waals surface area contributed by atoms with E-state index in [9.17, 15) is 4.79 Å². The summed E-state index contributed by atoms with van der Waals surface area (Å²) in [6, 6.07) is 14.6. The first-order valence-electron chi connectivity index (χ1n) is 6.87. The quantitative estimate of drug-likeness (QED) is 0.692. The molecular weight excluding hydrogens is 280 g/mol. The lowest BCUT2D eigenvalue weighted by molar-refractivity contribution is 0.251. The molecule has 0 aliphatic heterocycles. The average Bonchev–Trinajstić information content (AvgIpc) is 2.96. The Bertz CT molecular complexity index is 764. The van der Waals surface area contributed by atoms with Crippen LogP contribution in [0.3, 0.4) is 0 Å². The standard InChI is InChI=1S/C16H16N4O2/c1-22-12-6-4-5-11(9-12)18-16(21)17-10-15-19-13-7-2-3-8-14(13)20-15/h2-9H,10H2,1H3,(H,19,20)(H2,17,18,21). The fourth-order valence-corrected chi connectivity index (χ4v) is 2.13. The number of H-pyrrole nitrogens is 1. The molecular formula is C16H16N4O2. The molecule has 6 heteroatoms. The van der Waals surface area contributed by atoms with E-state index in [1.165, 1.54) is 0 Å². The number of methoxy groups -OCH3 is 1. The van der Waals surface area contributed by atoms with Gasteiger partial charge in [-0.1, -0.05) is 18.2 Å². The number of carbonyl (C=O) groups is 1. The molecule has 0 fully saturated rings. The maximum absolute atomic E-state index is 11.9. The highest BCUT2D eigenvalue weighted by Crippen LogP contribution is 2.16. The molecule has 0 saturated carbocycles. The molecule has 1 heterocycles. The number of carbonyl (C=O) groups excluding carboxylic acids is 1. The number of urea groups is 1. The summed E-state index contributed by atoms with van der Waals surface area (Å²) in [7, 11) is 1.58. The summed E-state index contributed by atoms with van der Waals surface area (Å²) in [6.45, 7) is 0.324. The molecule has 0 spiro atoms. The summed E-state index contributed by atoms with van der Waals surface area (Å²) in [5.41, 5.74) is 2.50. The van der Waals surface area contributed by atoms with E-state index in [2.05, 4.69) is 20.6 Å². The van der Waals surface area contributed by atoms with Crippen molar-refractivity contribution in [3.8, 4) is 5.75 Å². The van der Waals surface area contributed by atoms with Gasteiger partial charge in [0.2, 0.25) is 0 Å². The van der Waals surface area contributed by atoms with Gasteiger partial charge in [0.1, 0.15) is 11.6 Å². The van der Waals surface area contributed by atoms with Gasteiger partial charge in [-0.15, -0.1) is 0 Å². The summed E-state index contributed by atoms with van der Waals surface area (Å²) in [4.78, 5) is 19.5. The van der Waals surface area contributed by atoms with Gasteiger partial charge >= 0.3 is 6.03 Å². The van der Waals surface area contributed by atoms with E-state index >= 15 is 0 Å². The molecule has 2 amide bonds. The van der Waals surface area contributed by atoms with Crippen LogP contribution in [0.2, 0.25) is 0 Å². The zero-order valence-electron chi connectivity index (χ0n) is 12.1. The Hall–Kier alpha value is -3.02. The van der Waals surface area contributed by atoms with Crippen molar-refractivity contribution in [1.82, 2.24) is 15.3 Å². The molecule has 3 rings (SSSR count). The summed E-state index contributed by atoms with van der Waals surface area (Å²) in [5.74, 6) is 1.40. The second-order valence-corrected chi connectivity index (χ2v) is 4.74. The first kappa shape index (κ1) is 13.9. The predicted octanol–water partition coefficient (Wildman–Crippen LogP) is 2.89. The number of aromatic nitrogens is 2. The highest BCUT2D eigenvalue weighted by atomic mass is 16.5. The Morgan fingerprint density at radius 3 is 2.91 bits per heavy atom. The zero-order valence-corrected chi connectivity index (χ0v) is 12.1. The van der Waals surface area contributed by atoms with Crippen LogP contribution in [0, 0.1) is 0 Å². The van der Waals surface area contributed by atoms with Crippen molar-refractivity contribution in [2.45, 2.75) is 6.54 Å². The van der Waals surface area contributed by atoms with Gasteiger partial charge in [-0.25, -0.2) is 9.78 Å². The molecule has 3 N–H and O–H groups in total. The molecule has 1 aromatic heterocycles. The van der Waals surface area contributed by atoms with Crippen LogP contribution in [-0.4, -0.2) is 23.1 Å². The molecule has 112 valence electrons. The minimum absolute atomic E-state index is 0.297. The van der Waals surface area contributed by atoms with Crippen LogP contribution in [0.1, 0.15) is 5.82 Å². The van der Waals surface area contributed by atoms with Gasteiger partial charge in [0.25, 0.3) is 0 Å². The number of rotatable bonds is 4. The molecule has 3 aromatic rings. The maximum Gasteiger partial charge on any atom is 0.319 e. The van der Waals surface area contributed by atoms with E-state index in [0.717, 1.165) is 11.0 Å². The van der Waals surface area contributed by atoms with Gasteiger partial charge in [-0.3, -0.25) is 0 Å². The SMILES string of the molecule is COc1cccc(NC(=O)NCc2nc3ccccc3[nH]2)c1. The van der Waals surface area contributed by atoms with Gasteiger partial charge in [-0.05, 0) is 24.3 Å². The number of amides is 2. The van der Waals surface area contributed by atoms with Gasteiger partial charge < -0.3 is 20.4 Å². The lowest BCUT2D eigenvalue weighted by Crippen LogP contribution is -2.28. The fourth-order valence-electron chi connectivity index (χ4n) is 2.13. The maximum atomic E-state index is 11.9. The number of nitrogens with one attached hydrogen (secondary N) is 3. The summed E-state index contributed by atoms with van der Waals surface area (Å²) in [6.07, 6.45) is 0. The van der Waals surface area contributed by atoms with E-state index in [0.29, 0.717) is 23.8 Å². The van der Waals surface area contributed by atoms with Crippen molar-refractivity contribution in [2.24, 2.45) is 0 Å². The predicted molar refractivity (Wildman–Crippen MR) is 84.9 cm³/mol. The molecule has 6 nitrogen and oxygen atoms in total. The second-order valence-electron chi connectivity index (χ2n) is 4.74. The molecule has 0 saturated heterocycles. The van der Waals surface area contributed by atoms with Crippen molar-refractivity contribution in [1.29, 1.82) is 0 Å². The normalized spacial score (nSPS) is 10.4. The van der Waals surface area contributed by atoms with Crippen LogP contribution in [0.5, 0.6) is 5.75 Å². The highest BCUT2D eigenvalue weighted by Gasteiger charge is 2.05. The Morgan fingerprint density at radius 1 is 1.23 bits per heavy atom. The fraction of sp³-hybridized carbons (Fsp3) is 0.125. The number of aromatic amines is 1. The van der Waals surface area contributed by atoms with Crippen molar-refractivity contribution in [3.05, 3.63) is 54.4 Å². The summed E-state index contributed by atoms with van der Waals surface area (Å²) >= 11 is 0. The minimum Gasteiger partial charge on any atom is -0.497 e. The van der Waals surface area contributed by atoms with Crippen LogP contribution < -0.4 is 15.4 Å². The third kappa shape index (κ3) is 3.17. The van der Waals surface area contributed by atoms with Crippen LogP contribution in [0.15, 0.2) is 48.5 Å². The Kier molecular flexibility index (Phi) is 3.91. The van der Waals surface area contributed by atoms with Crippen molar-refractivity contribution < 1.29 is 9.53 Å². The largest absolute Gasteiger partial charge is 0.497 e. The smallest absolute Gasteiger partial charge is 0.319 e. The zero-order chi connectivity index (χ0) is 15.4. The number of imidazole rings is 1. The van der Waals surface area contributed by atoms with E-state index < -0.39 is 0 Å². The molecule has 0 atom stereocenters. The Balaban J connectivity index is 1.59. The third-order valence-electron chi connectivity index (χ3n) is 3.18. The topological polar surface area (TPSA) is 79.0 Å². The van der Waals surface area contributed by atoms with Crippen molar-refractivity contribution in [2.75, 3.05) is 12.4 Å². The number of hydrogen-bond donors (Lipinski definition) is 3. The van der Waals surface area contributed by atoms with Gasteiger partial charge in [0.15, 0.2) is 0 Å². The Labute approximate surface area is 127 Å². The van der Waals surface area contributed by atoms with Gasteiger partial charge in [0, 0.05) is 11.8 Å². The van der Waals surface area contributed by atoms with Crippen molar-refractivity contribution in [3.63, 3.8) is 0 Å². The summed E-state index contributed by atoms with van der Waals surface area (Å²) in [5, 5.41) is 5.51. The summed E-state index contributed by atoms with van der Waals surface area (Å²) < 4.78 is 5.11. The van der Waals surface area contributed by atoms with Crippen LogP contribution in [-0.2, 0) is 6.54 Å². The van der Waals surface area contributed by atoms with Crippen molar-refractivity contribution >= 4 is 22.8 Å².